The summed E-state index contributed by atoms with van der Waals surface area (Å²) in [6.07, 6.45) is 1.62. The first-order chi connectivity index (χ1) is 17.2. The Labute approximate surface area is 227 Å². The van der Waals surface area contributed by atoms with Crippen molar-refractivity contribution in [1.82, 2.24) is 10.2 Å². The van der Waals surface area contributed by atoms with Crippen molar-refractivity contribution in [2.24, 2.45) is 0 Å². The van der Waals surface area contributed by atoms with Crippen molar-refractivity contribution in [2.75, 3.05) is 6.61 Å². The molecule has 3 amide bonds. The number of hydrogen-bond acceptors (Lipinski definition) is 4. The molecule has 0 radical (unpaired) electrons. The van der Waals surface area contributed by atoms with Crippen LogP contribution in [-0.2, 0) is 17.9 Å². The van der Waals surface area contributed by atoms with Crippen molar-refractivity contribution < 1.29 is 19.1 Å². The lowest BCUT2D eigenvalue weighted by Gasteiger charge is -2.15. The molecule has 3 aromatic carbocycles. The summed E-state index contributed by atoms with van der Waals surface area (Å²) in [5, 5.41) is 3.58. The zero-order valence-corrected chi connectivity index (χ0v) is 22.7. The molecule has 1 N–H and O–H groups in total. The number of hydrogen-bond donors (Lipinski definition) is 1. The Balaban J connectivity index is 1.54. The average Bonchev–Trinajstić information content (AvgIpc) is 3.09. The number of nitrogens with one attached hydrogen (secondary N) is 1. The Morgan fingerprint density at radius 2 is 1.69 bits per heavy atom. The quantitative estimate of drug-likeness (QED) is 0.224. The minimum absolute atomic E-state index is 0.186. The van der Waals surface area contributed by atoms with Gasteiger partial charge in [0, 0.05) is 0 Å². The molecule has 0 aromatic heterocycles. The number of imide groups is 1. The summed E-state index contributed by atoms with van der Waals surface area (Å²) < 4.78 is 12.4. The van der Waals surface area contributed by atoms with Crippen LogP contribution in [0.1, 0.15) is 29.2 Å². The van der Waals surface area contributed by atoms with E-state index in [0.29, 0.717) is 38.2 Å². The summed E-state index contributed by atoms with van der Waals surface area (Å²) in [4.78, 5) is 26.6. The van der Waals surface area contributed by atoms with E-state index in [0.717, 1.165) is 16.7 Å². The molecule has 6 nitrogen and oxygen atoms in total. The van der Waals surface area contributed by atoms with Crippen molar-refractivity contribution in [3.05, 3.63) is 97.1 Å². The Morgan fingerprint density at radius 3 is 2.39 bits per heavy atom. The number of carbonyl (C=O) groups excluding carboxylic acids is 2. The summed E-state index contributed by atoms with van der Waals surface area (Å²) in [5.41, 5.74) is 3.67. The Morgan fingerprint density at radius 1 is 0.972 bits per heavy atom. The molecule has 4 rings (SSSR count). The van der Waals surface area contributed by atoms with Crippen molar-refractivity contribution in [1.29, 1.82) is 0 Å². The van der Waals surface area contributed by atoms with E-state index in [9.17, 15) is 9.59 Å². The molecular formula is C27H23BrCl2N2O4. The summed E-state index contributed by atoms with van der Waals surface area (Å²) in [6.45, 7) is 4.70. The van der Waals surface area contributed by atoms with Crippen LogP contribution in [0.3, 0.4) is 0 Å². The van der Waals surface area contributed by atoms with Crippen LogP contribution in [0, 0.1) is 6.92 Å². The van der Waals surface area contributed by atoms with E-state index in [1.54, 1.807) is 30.3 Å². The van der Waals surface area contributed by atoms with Crippen LogP contribution in [0.2, 0.25) is 10.0 Å². The van der Waals surface area contributed by atoms with Gasteiger partial charge in [0.05, 0.1) is 27.7 Å². The molecule has 1 aliphatic rings. The predicted octanol–water partition coefficient (Wildman–Crippen LogP) is 7.13. The molecule has 0 spiro atoms. The van der Waals surface area contributed by atoms with Gasteiger partial charge in [0.25, 0.3) is 5.91 Å². The zero-order chi connectivity index (χ0) is 25.8. The zero-order valence-electron chi connectivity index (χ0n) is 19.6. The van der Waals surface area contributed by atoms with Crippen molar-refractivity contribution in [2.45, 2.75) is 27.0 Å². The molecule has 1 saturated heterocycles. The molecule has 36 heavy (non-hydrogen) atoms. The number of ether oxygens (including phenoxy) is 2. The first kappa shape index (κ1) is 26.1. The molecule has 9 heteroatoms. The van der Waals surface area contributed by atoms with Gasteiger partial charge in [-0.1, -0.05) is 59.1 Å². The first-order valence-corrected chi connectivity index (χ1v) is 12.7. The van der Waals surface area contributed by atoms with E-state index in [2.05, 4.69) is 21.2 Å². The lowest BCUT2D eigenvalue weighted by molar-refractivity contribution is -0.123. The van der Waals surface area contributed by atoms with E-state index in [4.69, 9.17) is 32.7 Å². The molecule has 0 aliphatic carbocycles. The standard InChI is InChI=1S/C27H23BrCl2N2O4/c1-3-35-24-13-19(10-20(28)25(24)36-15-18-8-9-21(29)22(30)11-18)12-23-26(33)32(27(34)31-23)14-17-6-4-16(2)5-7-17/h4-13H,3,14-15H2,1-2H3,(H,31,34)/b23-12+. The third-order valence-electron chi connectivity index (χ3n) is 5.43. The summed E-state index contributed by atoms with van der Waals surface area (Å²) in [6, 6.07) is 16.1. The normalized spacial score (nSPS) is 14.4. The number of halogens is 3. The van der Waals surface area contributed by atoms with Crippen molar-refractivity contribution >= 4 is 57.1 Å². The van der Waals surface area contributed by atoms with Crippen LogP contribution in [0.25, 0.3) is 6.08 Å². The van der Waals surface area contributed by atoms with Gasteiger partial charge in [-0.25, -0.2) is 4.79 Å². The van der Waals surface area contributed by atoms with Gasteiger partial charge in [-0.2, -0.15) is 0 Å². The SMILES string of the molecule is CCOc1cc(/C=C2/NC(=O)N(Cc3ccc(C)cc3)C2=O)cc(Br)c1OCc1ccc(Cl)c(Cl)c1. The third kappa shape index (κ3) is 6.03. The third-order valence-corrected chi connectivity index (χ3v) is 6.76. The fourth-order valence-electron chi connectivity index (χ4n) is 3.62. The highest BCUT2D eigenvalue weighted by Gasteiger charge is 2.33. The maximum atomic E-state index is 13.0. The lowest BCUT2D eigenvalue weighted by Crippen LogP contribution is -2.30. The Kier molecular flexibility index (Phi) is 8.24. The fourth-order valence-corrected chi connectivity index (χ4v) is 4.51. The number of urea groups is 1. The lowest BCUT2D eigenvalue weighted by atomic mass is 10.1. The topological polar surface area (TPSA) is 67.9 Å². The van der Waals surface area contributed by atoms with Gasteiger partial charge in [-0.15, -0.1) is 0 Å². The Bertz CT molecular complexity index is 1340. The predicted molar refractivity (Wildman–Crippen MR) is 144 cm³/mol. The van der Waals surface area contributed by atoms with E-state index < -0.39 is 11.9 Å². The molecule has 0 saturated carbocycles. The second-order valence-electron chi connectivity index (χ2n) is 8.17. The van der Waals surface area contributed by atoms with Gasteiger partial charge in [0.2, 0.25) is 0 Å². The number of benzene rings is 3. The molecule has 3 aromatic rings. The van der Waals surface area contributed by atoms with Crippen molar-refractivity contribution in [3.8, 4) is 11.5 Å². The monoisotopic (exact) mass is 588 g/mol. The number of aryl methyl sites for hydroxylation is 1. The van der Waals surface area contributed by atoms with Gasteiger partial charge in [-0.05, 0) is 76.8 Å². The van der Waals surface area contributed by atoms with E-state index in [1.807, 2.05) is 44.2 Å². The average molecular weight is 590 g/mol. The minimum Gasteiger partial charge on any atom is -0.490 e. The molecule has 0 bridgehead atoms. The second-order valence-corrected chi connectivity index (χ2v) is 9.83. The van der Waals surface area contributed by atoms with Crippen LogP contribution >= 0.6 is 39.1 Å². The molecular weight excluding hydrogens is 567 g/mol. The van der Waals surface area contributed by atoms with Gasteiger partial charge in [0.1, 0.15) is 12.3 Å². The summed E-state index contributed by atoms with van der Waals surface area (Å²) >= 11 is 15.6. The first-order valence-electron chi connectivity index (χ1n) is 11.2. The number of rotatable bonds is 8. The van der Waals surface area contributed by atoms with Crippen LogP contribution in [-0.4, -0.2) is 23.4 Å². The van der Waals surface area contributed by atoms with Gasteiger partial charge >= 0.3 is 6.03 Å². The van der Waals surface area contributed by atoms with Crippen LogP contribution in [0.4, 0.5) is 4.79 Å². The van der Waals surface area contributed by atoms with Gasteiger partial charge < -0.3 is 14.8 Å². The largest absolute Gasteiger partial charge is 0.490 e. The van der Waals surface area contributed by atoms with E-state index in [1.165, 1.54) is 4.90 Å². The molecule has 1 aliphatic heterocycles. The summed E-state index contributed by atoms with van der Waals surface area (Å²) in [5.74, 6) is 0.606. The maximum absolute atomic E-state index is 13.0. The number of amides is 3. The van der Waals surface area contributed by atoms with Crippen LogP contribution < -0.4 is 14.8 Å². The maximum Gasteiger partial charge on any atom is 0.329 e. The van der Waals surface area contributed by atoms with E-state index in [-0.39, 0.29) is 18.8 Å². The molecule has 1 fully saturated rings. The second kappa shape index (κ2) is 11.4. The highest BCUT2D eigenvalue weighted by atomic mass is 79.9. The molecule has 1 heterocycles. The smallest absolute Gasteiger partial charge is 0.329 e. The highest BCUT2D eigenvalue weighted by Crippen LogP contribution is 2.38. The molecule has 186 valence electrons. The van der Waals surface area contributed by atoms with E-state index >= 15 is 0 Å². The molecule has 0 unspecified atom stereocenters. The molecule has 0 atom stereocenters. The fraction of sp³-hybridized carbons (Fsp3) is 0.185. The van der Waals surface area contributed by atoms with Crippen LogP contribution in [0.15, 0.2) is 64.8 Å². The summed E-state index contributed by atoms with van der Waals surface area (Å²) in [7, 11) is 0. The minimum atomic E-state index is -0.461. The van der Waals surface area contributed by atoms with Gasteiger partial charge in [0.15, 0.2) is 11.5 Å². The van der Waals surface area contributed by atoms with Crippen LogP contribution in [0.5, 0.6) is 11.5 Å². The number of nitrogens with zero attached hydrogens (tertiary/aromatic N) is 1. The number of carbonyl (C=O) groups is 2. The van der Waals surface area contributed by atoms with Gasteiger partial charge in [-0.3, -0.25) is 9.69 Å². The highest BCUT2D eigenvalue weighted by molar-refractivity contribution is 9.10. The Hall–Kier alpha value is -3.00. The van der Waals surface area contributed by atoms with Crippen molar-refractivity contribution in [3.63, 3.8) is 0 Å².